The van der Waals surface area contributed by atoms with Gasteiger partial charge in [0.05, 0.1) is 14.2 Å². The van der Waals surface area contributed by atoms with Gasteiger partial charge >= 0.3 is 5.97 Å². The molecule has 2 rings (SSSR count). The van der Waals surface area contributed by atoms with Crippen LogP contribution in [0.5, 0.6) is 0 Å². The Morgan fingerprint density at radius 3 is 2.59 bits per heavy atom. The van der Waals surface area contributed by atoms with E-state index in [1.807, 2.05) is 0 Å². The minimum Gasteiger partial charge on any atom is -0.465 e. The summed E-state index contributed by atoms with van der Waals surface area (Å²) in [5.74, 6) is -0.567. The highest BCUT2D eigenvalue weighted by Gasteiger charge is 2.25. The molecule has 0 saturated heterocycles. The Morgan fingerprint density at radius 2 is 2.00 bits per heavy atom. The smallest absolute Gasteiger partial charge is 0.346 e. The number of pyridine rings is 1. The molecule has 1 heterocycles. The van der Waals surface area contributed by atoms with Gasteiger partial charge in [-0.3, -0.25) is 0 Å². The highest BCUT2D eigenvalue weighted by molar-refractivity contribution is 6.29. The second-order valence-corrected chi connectivity index (χ2v) is 5.40. The van der Waals surface area contributed by atoms with Gasteiger partial charge in [0.1, 0.15) is 5.56 Å². The van der Waals surface area contributed by atoms with Gasteiger partial charge in [0.25, 0.3) is 5.82 Å². The summed E-state index contributed by atoms with van der Waals surface area (Å²) in [6, 6.07) is 6.41. The minimum atomic E-state index is -0.523. The summed E-state index contributed by atoms with van der Waals surface area (Å²) in [6.45, 7) is 3.58. The fourth-order valence-electron chi connectivity index (χ4n) is 2.15. The molecule has 0 aliphatic carbocycles. The molecule has 4 nitrogen and oxygen atoms in total. The Balaban J connectivity index is 2.58. The predicted octanol–water partition coefficient (Wildman–Crippen LogP) is 3.45. The zero-order valence-corrected chi connectivity index (χ0v) is 13.6. The second-order valence-electron chi connectivity index (χ2n) is 5.04. The van der Waals surface area contributed by atoms with Gasteiger partial charge in [0, 0.05) is 5.56 Å². The number of hydrogen-bond donors (Lipinski definition) is 1. The van der Waals surface area contributed by atoms with Crippen LogP contribution in [0.3, 0.4) is 0 Å². The largest absolute Gasteiger partial charge is 0.465 e. The summed E-state index contributed by atoms with van der Waals surface area (Å²) in [5, 5.41) is 3.37. The maximum Gasteiger partial charge on any atom is 0.346 e. The first-order chi connectivity index (χ1) is 10.3. The van der Waals surface area contributed by atoms with Crippen LogP contribution in [0.25, 0.3) is 0 Å². The molecule has 1 N–H and O–H groups in total. The summed E-state index contributed by atoms with van der Waals surface area (Å²) < 4.78 is 20.4. The Labute approximate surface area is 133 Å². The normalized spacial score (nSPS) is 10.5. The van der Waals surface area contributed by atoms with E-state index >= 15 is 0 Å². The Bertz CT molecular complexity index is 747. The lowest BCUT2D eigenvalue weighted by Gasteiger charge is -2.11. The van der Waals surface area contributed by atoms with E-state index in [-0.39, 0.29) is 11.3 Å². The van der Waals surface area contributed by atoms with Gasteiger partial charge in [0.15, 0.2) is 16.7 Å². The topological polar surface area (TPSA) is 42.2 Å². The molecule has 1 aromatic carbocycles. The quantitative estimate of drug-likeness (QED) is 0.534. The second kappa shape index (κ2) is 6.32. The third kappa shape index (κ3) is 3.04. The van der Waals surface area contributed by atoms with Gasteiger partial charge in [-0.25, -0.2) is 19.1 Å². The van der Waals surface area contributed by atoms with Crippen molar-refractivity contribution >= 4 is 29.1 Å². The van der Waals surface area contributed by atoms with Crippen LogP contribution in [0.15, 0.2) is 24.3 Å². The van der Waals surface area contributed by atoms with Crippen LogP contribution in [-0.2, 0) is 11.8 Å². The number of nitrogens with one attached hydrogen (secondary N) is 1. The average molecular weight is 324 g/mol. The minimum absolute atomic E-state index is 0.256. The van der Waals surface area contributed by atoms with E-state index in [0.29, 0.717) is 11.0 Å². The van der Waals surface area contributed by atoms with E-state index in [9.17, 15) is 9.18 Å². The molecule has 0 saturated carbocycles. The molecule has 116 valence electrons. The Morgan fingerprint density at radius 1 is 1.32 bits per heavy atom. The SMILES string of the molecule is COC(=O)c1cc(C)c(Cl)[n+](C)c1Nc1ccc(C)cc1F. The molecule has 0 aliphatic rings. The van der Waals surface area contributed by atoms with E-state index in [1.165, 1.54) is 13.2 Å². The number of halogens is 2. The number of nitrogens with zero attached hydrogens (tertiary/aromatic N) is 1. The number of rotatable bonds is 3. The summed E-state index contributed by atoms with van der Waals surface area (Å²) in [6.07, 6.45) is 0. The number of carbonyl (C=O) groups excluding carboxylic acids is 1. The molecule has 0 bridgehead atoms. The van der Waals surface area contributed by atoms with Gasteiger partial charge in [-0.2, -0.15) is 0 Å². The number of methoxy groups -OCH3 is 1. The highest BCUT2D eigenvalue weighted by atomic mass is 35.5. The van der Waals surface area contributed by atoms with Gasteiger partial charge < -0.3 is 4.74 Å². The van der Waals surface area contributed by atoms with E-state index in [4.69, 9.17) is 16.3 Å². The van der Waals surface area contributed by atoms with E-state index < -0.39 is 11.8 Å². The van der Waals surface area contributed by atoms with Crippen LogP contribution in [0.4, 0.5) is 15.9 Å². The Hall–Kier alpha value is -2.14. The molecule has 2 aromatic rings. The lowest BCUT2D eigenvalue weighted by atomic mass is 10.1. The van der Waals surface area contributed by atoms with Crippen molar-refractivity contribution in [1.82, 2.24) is 0 Å². The number of hydrogen-bond acceptors (Lipinski definition) is 3. The molecular weight excluding hydrogens is 307 g/mol. The van der Waals surface area contributed by atoms with Crippen LogP contribution in [0.2, 0.25) is 5.15 Å². The molecule has 0 amide bonds. The number of benzene rings is 1. The van der Waals surface area contributed by atoms with Crippen LogP contribution < -0.4 is 9.88 Å². The van der Waals surface area contributed by atoms with Crippen molar-refractivity contribution in [1.29, 1.82) is 0 Å². The van der Waals surface area contributed by atoms with Gasteiger partial charge in [-0.15, -0.1) is 0 Å². The molecule has 0 unspecified atom stereocenters. The van der Waals surface area contributed by atoms with E-state index in [0.717, 1.165) is 11.1 Å². The fraction of sp³-hybridized carbons (Fsp3) is 0.250. The highest BCUT2D eigenvalue weighted by Crippen LogP contribution is 2.25. The zero-order chi connectivity index (χ0) is 16.4. The lowest BCUT2D eigenvalue weighted by Crippen LogP contribution is -2.36. The molecule has 6 heteroatoms. The molecule has 1 aromatic heterocycles. The molecule has 0 radical (unpaired) electrons. The molecule has 0 spiro atoms. The number of carbonyl (C=O) groups is 1. The van der Waals surface area contributed by atoms with Crippen molar-refractivity contribution in [2.45, 2.75) is 13.8 Å². The molecular formula is C16H17ClFN2O2+. The number of anilines is 2. The summed E-state index contributed by atoms with van der Waals surface area (Å²) in [5.41, 5.74) is 2.07. The first-order valence-corrected chi connectivity index (χ1v) is 7.03. The fourth-order valence-corrected chi connectivity index (χ4v) is 2.29. The summed E-state index contributed by atoms with van der Waals surface area (Å²) in [4.78, 5) is 12.0. The number of aryl methyl sites for hydroxylation is 2. The van der Waals surface area contributed by atoms with Crippen LogP contribution in [0.1, 0.15) is 21.5 Å². The monoisotopic (exact) mass is 323 g/mol. The third-order valence-electron chi connectivity index (χ3n) is 3.35. The molecule has 0 atom stereocenters. The summed E-state index contributed by atoms with van der Waals surface area (Å²) >= 11 is 6.21. The van der Waals surface area contributed by atoms with Crippen molar-refractivity contribution in [3.05, 3.63) is 51.9 Å². The Kier molecular flexibility index (Phi) is 4.66. The maximum atomic E-state index is 14.0. The summed E-state index contributed by atoms with van der Waals surface area (Å²) in [7, 11) is 2.98. The predicted molar refractivity (Wildman–Crippen MR) is 83.1 cm³/mol. The first-order valence-electron chi connectivity index (χ1n) is 6.65. The number of aromatic nitrogens is 1. The molecule has 0 fully saturated rings. The maximum absolute atomic E-state index is 14.0. The van der Waals surface area contributed by atoms with Crippen LogP contribution >= 0.6 is 11.6 Å². The van der Waals surface area contributed by atoms with Crippen molar-refractivity contribution in [3.8, 4) is 0 Å². The van der Waals surface area contributed by atoms with Crippen LogP contribution in [-0.4, -0.2) is 13.1 Å². The van der Waals surface area contributed by atoms with Crippen LogP contribution in [0, 0.1) is 19.7 Å². The van der Waals surface area contributed by atoms with Crippen molar-refractivity contribution in [2.24, 2.45) is 7.05 Å². The average Bonchev–Trinajstić information content (AvgIpc) is 2.49. The van der Waals surface area contributed by atoms with E-state index in [2.05, 4.69) is 5.32 Å². The van der Waals surface area contributed by atoms with Gasteiger partial charge in [-0.1, -0.05) is 6.07 Å². The van der Waals surface area contributed by atoms with Gasteiger partial charge in [0.2, 0.25) is 0 Å². The number of ether oxygens (including phenoxy) is 1. The van der Waals surface area contributed by atoms with Crippen molar-refractivity contribution in [2.75, 3.05) is 12.4 Å². The van der Waals surface area contributed by atoms with Gasteiger partial charge in [-0.05, 0) is 49.2 Å². The van der Waals surface area contributed by atoms with E-state index in [1.54, 1.807) is 43.7 Å². The third-order valence-corrected chi connectivity index (χ3v) is 3.91. The molecule has 0 aliphatic heterocycles. The number of esters is 1. The standard InChI is InChI=1S/C16H16ClFN2O2/c1-9-5-6-13(12(18)7-9)19-15-11(16(21)22-4)8-10(2)14(17)20(15)3/h5-8H,1-4H3/p+1. The van der Waals surface area contributed by atoms with Crippen molar-refractivity contribution in [3.63, 3.8) is 0 Å². The lowest BCUT2D eigenvalue weighted by molar-refractivity contribution is -0.655. The zero-order valence-electron chi connectivity index (χ0n) is 12.8. The molecule has 22 heavy (non-hydrogen) atoms. The first kappa shape index (κ1) is 16.2. The van der Waals surface area contributed by atoms with Crippen molar-refractivity contribution < 1.29 is 18.5 Å².